The highest BCUT2D eigenvalue weighted by molar-refractivity contribution is 7.89. The summed E-state index contributed by atoms with van der Waals surface area (Å²) in [7, 11) is -4.04. The van der Waals surface area contributed by atoms with Crippen LogP contribution in [0.5, 0.6) is 0 Å². The highest BCUT2D eigenvalue weighted by Crippen LogP contribution is 2.19. The number of nitrogens with two attached hydrogens (primary N) is 1. The molecule has 9 heteroatoms. The monoisotopic (exact) mass is 433 g/mol. The normalized spacial score (nSPS) is 16.2. The Morgan fingerprint density at radius 2 is 1.67 bits per heavy atom. The van der Waals surface area contributed by atoms with Crippen molar-refractivity contribution in [2.45, 2.75) is 30.2 Å². The third-order valence-electron chi connectivity index (χ3n) is 5.21. The first-order valence-corrected chi connectivity index (χ1v) is 11.1. The second-order valence-corrected chi connectivity index (χ2v) is 9.03. The Balaban J connectivity index is 1.80. The zero-order valence-corrected chi connectivity index (χ0v) is 17.1. The van der Waals surface area contributed by atoms with Gasteiger partial charge in [-0.05, 0) is 49.1 Å². The lowest BCUT2D eigenvalue weighted by Crippen LogP contribution is -2.52. The van der Waals surface area contributed by atoms with Crippen molar-refractivity contribution in [1.82, 2.24) is 9.62 Å². The quantitative estimate of drug-likeness (QED) is 0.688. The molecule has 2 amide bonds. The van der Waals surface area contributed by atoms with E-state index >= 15 is 0 Å². The lowest BCUT2D eigenvalue weighted by Gasteiger charge is -2.33. The van der Waals surface area contributed by atoms with Gasteiger partial charge in [0, 0.05) is 19.0 Å². The minimum Gasteiger partial charge on any atom is -0.369 e. The molecule has 2 aromatic rings. The second kappa shape index (κ2) is 9.36. The molecule has 1 saturated heterocycles. The van der Waals surface area contributed by atoms with Crippen molar-refractivity contribution in [2.24, 2.45) is 11.7 Å². The number of piperidine rings is 1. The van der Waals surface area contributed by atoms with Crippen LogP contribution < -0.4 is 10.5 Å². The van der Waals surface area contributed by atoms with Crippen LogP contribution in [0.4, 0.5) is 4.39 Å². The lowest BCUT2D eigenvalue weighted by molar-refractivity contribution is -0.136. The van der Waals surface area contributed by atoms with E-state index in [-0.39, 0.29) is 29.0 Å². The van der Waals surface area contributed by atoms with Gasteiger partial charge < -0.3 is 10.6 Å². The number of amides is 2. The Kier molecular flexibility index (Phi) is 6.84. The summed E-state index contributed by atoms with van der Waals surface area (Å²) in [5.74, 6) is -1.59. The number of nitrogens with zero attached hydrogens (tertiary/aromatic N) is 1. The average molecular weight is 434 g/mol. The van der Waals surface area contributed by atoms with E-state index in [9.17, 15) is 22.4 Å². The maximum absolute atomic E-state index is 13.2. The van der Waals surface area contributed by atoms with Gasteiger partial charge in [0.15, 0.2) is 0 Å². The van der Waals surface area contributed by atoms with Crippen LogP contribution in [0.15, 0.2) is 59.5 Å². The number of halogens is 1. The van der Waals surface area contributed by atoms with Gasteiger partial charge in [-0.2, -0.15) is 4.72 Å². The standard InChI is InChI=1S/C21H24FN3O4S/c22-17-6-8-18(9-7-17)30(28,29)24-19(14-15-4-2-1-3-5-15)21(27)25-12-10-16(11-13-25)20(23)26/h1-9,16,19,24H,10-14H2,(H2,23,26)/t19-/m0/s1. The van der Waals surface area contributed by atoms with Crippen molar-refractivity contribution >= 4 is 21.8 Å². The highest BCUT2D eigenvalue weighted by atomic mass is 32.2. The van der Waals surface area contributed by atoms with Gasteiger partial charge in [-0.1, -0.05) is 30.3 Å². The Morgan fingerprint density at radius 3 is 2.23 bits per heavy atom. The number of carbonyl (C=O) groups is 2. The van der Waals surface area contributed by atoms with Gasteiger partial charge in [0.2, 0.25) is 21.8 Å². The molecule has 1 aliphatic rings. The van der Waals surface area contributed by atoms with E-state index in [0.29, 0.717) is 25.9 Å². The Bertz CT molecular complexity index is 989. The Hall–Kier alpha value is -2.78. The number of benzene rings is 2. The van der Waals surface area contributed by atoms with E-state index in [1.807, 2.05) is 30.3 Å². The summed E-state index contributed by atoms with van der Waals surface area (Å²) >= 11 is 0. The minimum absolute atomic E-state index is 0.123. The van der Waals surface area contributed by atoms with Crippen molar-refractivity contribution < 1.29 is 22.4 Å². The van der Waals surface area contributed by atoms with Crippen LogP contribution in [-0.2, 0) is 26.0 Å². The summed E-state index contributed by atoms with van der Waals surface area (Å²) in [5, 5.41) is 0. The highest BCUT2D eigenvalue weighted by Gasteiger charge is 2.32. The second-order valence-electron chi connectivity index (χ2n) is 7.32. The summed E-state index contributed by atoms with van der Waals surface area (Å²) in [6.07, 6.45) is 1.06. The molecule has 30 heavy (non-hydrogen) atoms. The molecule has 7 nitrogen and oxygen atoms in total. The molecule has 1 fully saturated rings. The molecule has 0 aromatic heterocycles. The van der Waals surface area contributed by atoms with Crippen molar-refractivity contribution in [1.29, 1.82) is 0 Å². The van der Waals surface area contributed by atoms with Gasteiger partial charge in [-0.25, -0.2) is 12.8 Å². The zero-order valence-electron chi connectivity index (χ0n) is 16.3. The SMILES string of the molecule is NC(=O)C1CCN(C(=O)[C@H](Cc2ccccc2)NS(=O)(=O)c2ccc(F)cc2)CC1. The topological polar surface area (TPSA) is 110 Å². The van der Waals surface area contributed by atoms with Gasteiger partial charge >= 0.3 is 0 Å². The summed E-state index contributed by atoms with van der Waals surface area (Å²) in [6.45, 7) is 0.659. The van der Waals surface area contributed by atoms with Crippen LogP contribution in [0.3, 0.4) is 0 Å². The Morgan fingerprint density at radius 1 is 1.07 bits per heavy atom. The maximum atomic E-state index is 13.2. The summed E-state index contributed by atoms with van der Waals surface area (Å²) in [5.41, 5.74) is 6.14. The lowest BCUT2D eigenvalue weighted by atomic mass is 9.95. The molecule has 0 radical (unpaired) electrons. The van der Waals surface area contributed by atoms with Crippen LogP contribution >= 0.6 is 0 Å². The number of rotatable bonds is 7. The Labute approximate surface area is 175 Å². The van der Waals surface area contributed by atoms with E-state index in [4.69, 9.17) is 5.73 Å². The predicted molar refractivity (Wildman–Crippen MR) is 109 cm³/mol. The van der Waals surface area contributed by atoms with E-state index < -0.39 is 21.9 Å². The summed E-state index contributed by atoms with van der Waals surface area (Å²) < 4.78 is 41.3. The number of hydrogen-bond acceptors (Lipinski definition) is 4. The van der Waals surface area contributed by atoms with E-state index in [0.717, 1.165) is 29.8 Å². The molecule has 1 heterocycles. The fourth-order valence-electron chi connectivity index (χ4n) is 3.50. The van der Waals surface area contributed by atoms with Crippen molar-refractivity contribution in [3.63, 3.8) is 0 Å². The molecular weight excluding hydrogens is 409 g/mol. The maximum Gasteiger partial charge on any atom is 0.241 e. The fraction of sp³-hybridized carbons (Fsp3) is 0.333. The number of nitrogens with one attached hydrogen (secondary N) is 1. The molecular formula is C21H24FN3O4S. The summed E-state index contributed by atoms with van der Waals surface area (Å²) in [4.78, 5) is 26.0. The first-order valence-electron chi connectivity index (χ1n) is 9.66. The van der Waals surface area contributed by atoms with Crippen LogP contribution in [-0.4, -0.2) is 44.3 Å². The van der Waals surface area contributed by atoms with Gasteiger partial charge in [0.1, 0.15) is 11.9 Å². The van der Waals surface area contributed by atoms with Crippen LogP contribution in [0.1, 0.15) is 18.4 Å². The predicted octanol–water partition coefficient (Wildman–Crippen LogP) is 1.44. The number of carbonyl (C=O) groups excluding carboxylic acids is 2. The zero-order chi connectivity index (χ0) is 21.7. The van der Waals surface area contributed by atoms with Gasteiger partial charge in [0.25, 0.3) is 0 Å². The largest absolute Gasteiger partial charge is 0.369 e. The van der Waals surface area contributed by atoms with Gasteiger partial charge in [-0.15, -0.1) is 0 Å². The number of hydrogen-bond donors (Lipinski definition) is 2. The molecule has 0 aliphatic carbocycles. The number of sulfonamides is 1. The average Bonchev–Trinajstić information content (AvgIpc) is 2.74. The van der Waals surface area contributed by atoms with Gasteiger partial charge in [0.05, 0.1) is 4.90 Å². The first-order chi connectivity index (χ1) is 14.3. The number of likely N-dealkylation sites (tertiary alicyclic amines) is 1. The van der Waals surface area contributed by atoms with E-state index in [1.165, 1.54) is 0 Å². The van der Waals surface area contributed by atoms with Crippen molar-refractivity contribution in [2.75, 3.05) is 13.1 Å². The van der Waals surface area contributed by atoms with Crippen LogP contribution in [0, 0.1) is 11.7 Å². The summed E-state index contributed by atoms with van der Waals surface area (Å²) in [6, 6.07) is 12.4. The molecule has 1 atom stereocenters. The molecule has 0 spiro atoms. The smallest absolute Gasteiger partial charge is 0.241 e. The minimum atomic E-state index is -4.04. The molecule has 2 aromatic carbocycles. The van der Waals surface area contributed by atoms with Crippen LogP contribution in [0.25, 0.3) is 0 Å². The van der Waals surface area contributed by atoms with Crippen molar-refractivity contribution in [3.05, 3.63) is 66.0 Å². The molecule has 1 aliphatic heterocycles. The van der Waals surface area contributed by atoms with E-state index in [2.05, 4.69) is 4.72 Å². The number of primary amides is 1. The molecule has 0 unspecified atom stereocenters. The molecule has 160 valence electrons. The first kappa shape index (κ1) is 21.9. The van der Waals surface area contributed by atoms with Crippen LogP contribution in [0.2, 0.25) is 0 Å². The third kappa shape index (κ3) is 5.43. The third-order valence-corrected chi connectivity index (χ3v) is 6.70. The van der Waals surface area contributed by atoms with Gasteiger partial charge in [-0.3, -0.25) is 9.59 Å². The molecule has 0 saturated carbocycles. The van der Waals surface area contributed by atoms with E-state index in [1.54, 1.807) is 4.90 Å². The fourth-order valence-corrected chi connectivity index (χ4v) is 4.69. The molecule has 3 N–H and O–H groups in total. The molecule has 3 rings (SSSR count). The molecule has 0 bridgehead atoms. The van der Waals surface area contributed by atoms with Crippen molar-refractivity contribution in [3.8, 4) is 0 Å².